The monoisotopic (exact) mass is 438 g/mol. The maximum Gasteiger partial charge on any atom is 0.244 e. The van der Waals surface area contributed by atoms with E-state index in [-0.39, 0.29) is 0 Å². The Hall–Kier alpha value is 0.0500. The first kappa shape index (κ1) is 17.4. The van der Waals surface area contributed by atoms with Crippen LogP contribution in [0.3, 0.4) is 0 Å². The summed E-state index contributed by atoms with van der Waals surface area (Å²) < 4.78 is 28.6. The van der Waals surface area contributed by atoms with Crippen molar-refractivity contribution >= 4 is 41.9 Å². The molecule has 0 aromatic heterocycles. The summed E-state index contributed by atoms with van der Waals surface area (Å²) in [4.78, 5) is 2.65. The van der Waals surface area contributed by atoms with Crippen LogP contribution in [0.25, 0.3) is 0 Å². The van der Waals surface area contributed by atoms with Crippen molar-refractivity contribution in [2.45, 2.75) is 25.2 Å². The van der Waals surface area contributed by atoms with Gasteiger partial charge in [-0.2, -0.15) is 4.31 Å². The van der Waals surface area contributed by atoms with Crippen LogP contribution in [0.2, 0.25) is 0 Å². The Labute approximate surface area is 143 Å². The summed E-state index contributed by atoms with van der Waals surface area (Å²) in [5.74, 6) is 0. The van der Waals surface area contributed by atoms with Gasteiger partial charge in [-0.3, -0.25) is 0 Å². The third-order valence-electron chi connectivity index (χ3n) is 3.70. The number of piperazine rings is 1. The van der Waals surface area contributed by atoms with E-state index in [1.165, 1.54) is 0 Å². The molecule has 1 aliphatic heterocycles. The first-order chi connectivity index (χ1) is 9.86. The van der Waals surface area contributed by atoms with E-state index in [0.717, 1.165) is 36.1 Å². The third kappa shape index (κ3) is 3.88. The molecule has 1 heterocycles. The molecule has 118 valence electrons. The van der Waals surface area contributed by atoms with Crippen LogP contribution in [0.4, 0.5) is 0 Å². The number of benzene rings is 1. The zero-order chi connectivity index (χ0) is 15.6. The second kappa shape index (κ2) is 7.08. The first-order valence-electron chi connectivity index (χ1n) is 7.04. The van der Waals surface area contributed by atoms with Gasteiger partial charge in [-0.15, -0.1) is 0 Å². The van der Waals surface area contributed by atoms with Crippen molar-refractivity contribution in [1.29, 1.82) is 0 Å². The fraction of sp³-hybridized carbons (Fsp3) is 0.571. The first-order valence-corrected chi connectivity index (χ1v) is 10.1. The standard InChI is InChI=1S/C14H20Br2N2O2S/c1-3-4-17-5-7-18(8-6-17)21(19,20)14-10-12(15)11(2)9-13(14)16/h9-10H,3-8H2,1-2H3. The van der Waals surface area contributed by atoms with Crippen molar-refractivity contribution in [2.24, 2.45) is 0 Å². The molecule has 7 heteroatoms. The molecule has 0 N–H and O–H groups in total. The molecule has 21 heavy (non-hydrogen) atoms. The smallest absolute Gasteiger partial charge is 0.244 e. The zero-order valence-electron chi connectivity index (χ0n) is 12.3. The number of halogens is 2. The van der Waals surface area contributed by atoms with Crippen molar-refractivity contribution in [2.75, 3.05) is 32.7 Å². The zero-order valence-corrected chi connectivity index (χ0v) is 16.3. The van der Waals surface area contributed by atoms with Gasteiger partial charge in [0, 0.05) is 35.1 Å². The van der Waals surface area contributed by atoms with Gasteiger partial charge < -0.3 is 4.90 Å². The molecule has 0 unspecified atom stereocenters. The highest BCUT2D eigenvalue weighted by Crippen LogP contribution is 2.31. The van der Waals surface area contributed by atoms with E-state index in [4.69, 9.17) is 0 Å². The number of nitrogens with zero attached hydrogens (tertiary/aromatic N) is 2. The highest BCUT2D eigenvalue weighted by atomic mass is 79.9. The average molecular weight is 440 g/mol. The van der Waals surface area contributed by atoms with E-state index in [0.29, 0.717) is 22.5 Å². The van der Waals surface area contributed by atoms with Crippen LogP contribution in [0.5, 0.6) is 0 Å². The van der Waals surface area contributed by atoms with Crippen LogP contribution in [0.1, 0.15) is 18.9 Å². The van der Waals surface area contributed by atoms with Gasteiger partial charge in [-0.05, 0) is 53.5 Å². The van der Waals surface area contributed by atoms with E-state index in [2.05, 4.69) is 43.7 Å². The molecule has 0 aliphatic carbocycles. The van der Waals surface area contributed by atoms with E-state index >= 15 is 0 Å². The molecule has 1 saturated heterocycles. The molecule has 1 fully saturated rings. The summed E-state index contributed by atoms with van der Waals surface area (Å²) in [5, 5.41) is 0. The van der Waals surface area contributed by atoms with Crippen LogP contribution in [0, 0.1) is 6.92 Å². The molecule has 1 aromatic rings. The predicted molar refractivity (Wildman–Crippen MR) is 92.1 cm³/mol. The Balaban J connectivity index is 2.22. The number of rotatable bonds is 4. The van der Waals surface area contributed by atoms with E-state index in [9.17, 15) is 8.42 Å². The van der Waals surface area contributed by atoms with E-state index < -0.39 is 10.0 Å². The van der Waals surface area contributed by atoms with Gasteiger partial charge in [0.2, 0.25) is 10.0 Å². The number of hydrogen-bond acceptors (Lipinski definition) is 3. The van der Waals surface area contributed by atoms with Crippen molar-refractivity contribution in [3.8, 4) is 0 Å². The van der Waals surface area contributed by atoms with Gasteiger partial charge >= 0.3 is 0 Å². The van der Waals surface area contributed by atoms with Crippen molar-refractivity contribution in [3.05, 3.63) is 26.6 Å². The second-order valence-electron chi connectivity index (χ2n) is 5.28. The molecule has 1 aliphatic rings. The molecule has 0 bridgehead atoms. The second-order valence-corrected chi connectivity index (χ2v) is 8.89. The maximum absolute atomic E-state index is 12.8. The van der Waals surface area contributed by atoms with Crippen LogP contribution < -0.4 is 0 Å². The van der Waals surface area contributed by atoms with Gasteiger partial charge in [-0.1, -0.05) is 22.9 Å². The lowest BCUT2D eigenvalue weighted by atomic mass is 10.2. The summed E-state index contributed by atoms with van der Waals surface area (Å²) in [5.41, 5.74) is 1.01. The average Bonchev–Trinajstić information content (AvgIpc) is 2.43. The van der Waals surface area contributed by atoms with Crippen LogP contribution in [-0.2, 0) is 10.0 Å². The highest BCUT2D eigenvalue weighted by molar-refractivity contribution is 9.11. The third-order valence-corrected chi connectivity index (χ3v) is 7.41. The quantitative estimate of drug-likeness (QED) is 0.722. The lowest BCUT2D eigenvalue weighted by Crippen LogP contribution is -2.48. The van der Waals surface area contributed by atoms with Gasteiger partial charge in [-0.25, -0.2) is 8.42 Å². The fourth-order valence-electron chi connectivity index (χ4n) is 2.47. The van der Waals surface area contributed by atoms with Crippen molar-refractivity contribution in [1.82, 2.24) is 9.21 Å². The largest absolute Gasteiger partial charge is 0.301 e. The van der Waals surface area contributed by atoms with Gasteiger partial charge in [0.1, 0.15) is 0 Å². The Bertz CT molecular complexity index is 612. The lowest BCUT2D eigenvalue weighted by molar-refractivity contribution is 0.188. The molecule has 1 aromatic carbocycles. The predicted octanol–water partition coefficient (Wildman–Crippen LogP) is 3.24. The van der Waals surface area contributed by atoms with E-state index in [1.54, 1.807) is 10.4 Å². The summed E-state index contributed by atoms with van der Waals surface area (Å²) in [7, 11) is -3.44. The SMILES string of the molecule is CCCN1CCN(S(=O)(=O)c2cc(Br)c(C)cc2Br)CC1. The summed E-state index contributed by atoms with van der Waals surface area (Å²) in [6, 6.07) is 3.53. The number of sulfonamides is 1. The number of aryl methyl sites for hydroxylation is 1. The molecule has 0 spiro atoms. The minimum absolute atomic E-state index is 0.337. The lowest BCUT2D eigenvalue weighted by Gasteiger charge is -2.34. The van der Waals surface area contributed by atoms with Gasteiger partial charge in [0.25, 0.3) is 0 Å². The van der Waals surface area contributed by atoms with Crippen LogP contribution in [-0.4, -0.2) is 50.3 Å². The number of hydrogen-bond donors (Lipinski definition) is 0. The van der Waals surface area contributed by atoms with Crippen LogP contribution in [0.15, 0.2) is 26.0 Å². The molecular weight excluding hydrogens is 420 g/mol. The topological polar surface area (TPSA) is 40.6 Å². The maximum atomic E-state index is 12.8. The molecule has 0 saturated carbocycles. The Morgan fingerprint density at radius 1 is 1.10 bits per heavy atom. The normalized spacial score (nSPS) is 18.1. The fourth-order valence-corrected chi connectivity index (χ4v) is 5.54. The molecule has 4 nitrogen and oxygen atoms in total. The molecule has 0 atom stereocenters. The van der Waals surface area contributed by atoms with Gasteiger partial charge in [0.05, 0.1) is 4.90 Å². The van der Waals surface area contributed by atoms with Crippen molar-refractivity contribution < 1.29 is 8.42 Å². The Morgan fingerprint density at radius 2 is 1.71 bits per heavy atom. The summed E-state index contributed by atoms with van der Waals surface area (Å²) in [6.07, 6.45) is 1.10. The highest BCUT2D eigenvalue weighted by Gasteiger charge is 2.30. The van der Waals surface area contributed by atoms with Gasteiger partial charge in [0.15, 0.2) is 0 Å². The molecular formula is C14H20Br2N2O2S. The Morgan fingerprint density at radius 3 is 2.29 bits per heavy atom. The molecule has 2 rings (SSSR count). The molecule has 0 radical (unpaired) electrons. The van der Waals surface area contributed by atoms with E-state index in [1.807, 2.05) is 13.0 Å². The Kier molecular flexibility index (Phi) is 5.87. The summed E-state index contributed by atoms with van der Waals surface area (Å²) >= 11 is 6.80. The minimum atomic E-state index is -3.44. The summed E-state index contributed by atoms with van der Waals surface area (Å²) in [6.45, 7) is 7.84. The van der Waals surface area contributed by atoms with Crippen LogP contribution >= 0.6 is 31.9 Å². The van der Waals surface area contributed by atoms with Crippen molar-refractivity contribution in [3.63, 3.8) is 0 Å². The minimum Gasteiger partial charge on any atom is -0.301 e. The molecule has 0 amide bonds.